The van der Waals surface area contributed by atoms with Gasteiger partial charge in [-0.25, -0.2) is 9.78 Å². The summed E-state index contributed by atoms with van der Waals surface area (Å²) in [4.78, 5) is 28.5. The second-order valence-corrected chi connectivity index (χ2v) is 5.29. The number of para-hydroxylation sites is 2. The molecule has 1 aromatic carbocycles. The number of ether oxygens (including phenoxy) is 4. The van der Waals surface area contributed by atoms with Crippen molar-refractivity contribution in [3.8, 4) is 11.5 Å². The summed E-state index contributed by atoms with van der Waals surface area (Å²) in [6.45, 7) is 1.89. The zero-order chi connectivity index (χ0) is 18.5. The first-order valence-electron chi connectivity index (χ1n) is 7.97. The van der Waals surface area contributed by atoms with Gasteiger partial charge in [-0.1, -0.05) is 12.1 Å². The van der Waals surface area contributed by atoms with Crippen LogP contribution in [0.2, 0.25) is 0 Å². The van der Waals surface area contributed by atoms with E-state index in [1.54, 1.807) is 31.2 Å². The van der Waals surface area contributed by atoms with Crippen LogP contribution in [-0.4, -0.2) is 43.3 Å². The number of hydrogen-bond acceptors (Lipinski definition) is 8. The number of anilines is 1. The molecule has 0 bridgehead atoms. The van der Waals surface area contributed by atoms with Crippen molar-refractivity contribution in [3.05, 3.63) is 35.9 Å². The van der Waals surface area contributed by atoms with E-state index in [0.29, 0.717) is 11.5 Å². The molecule has 138 valence electrons. The predicted octanol–water partition coefficient (Wildman–Crippen LogP) is 1.78. The van der Waals surface area contributed by atoms with Crippen LogP contribution >= 0.6 is 0 Å². The number of nitrogens with zero attached hydrogens (tertiary/aromatic N) is 1. The molecule has 0 saturated heterocycles. The molecule has 0 radical (unpaired) electrons. The molecule has 1 aliphatic rings. The van der Waals surface area contributed by atoms with Gasteiger partial charge in [0.25, 0.3) is 5.91 Å². The minimum Gasteiger partial charge on any atom is -0.485 e. The van der Waals surface area contributed by atoms with Crippen molar-refractivity contribution in [1.29, 1.82) is 0 Å². The maximum Gasteiger partial charge on any atom is 0.362 e. The van der Waals surface area contributed by atoms with Gasteiger partial charge in [-0.2, -0.15) is 0 Å². The Morgan fingerprint density at radius 3 is 2.81 bits per heavy atom. The Balaban J connectivity index is 1.75. The van der Waals surface area contributed by atoms with Crippen LogP contribution in [0.25, 0.3) is 0 Å². The van der Waals surface area contributed by atoms with Crippen LogP contribution in [-0.2, 0) is 20.9 Å². The summed E-state index contributed by atoms with van der Waals surface area (Å²) in [6, 6.07) is 7.02. The number of rotatable bonds is 6. The molecule has 1 unspecified atom stereocenters. The molecule has 0 fully saturated rings. The Hall–Kier alpha value is -3.07. The Kier molecular flexibility index (Phi) is 5.37. The molecule has 0 saturated carbocycles. The summed E-state index contributed by atoms with van der Waals surface area (Å²) in [5.41, 5.74) is -0.135. The first-order chi connectivity index (χ1) is 12.6. The number of carbonyl (C=O) groups is 2. The summed E-state index contributed by atoms with van der Waals surface area (Å²) in [5.74, 6) is -0.210. The van der Waals surface area contributed by atoms with Crippen molar-refractivity contribution in [3.63, 3.8) is 0 Å². The van der Waals surface area contributed by atoms with Crippen LogP contribution in [0.4, 0.5) is 5.88 Å². The fraction of sp³-hybridized carbons (Fsp3) is 0.353. The molecular formula is C17H18N2O7. The highest BCUT2D eigenvalue weighted by Crippen LogP contribution is 2.31. The molecule has 1 aliphatic heterocycles. The minimum absolute atomic E-state index is 0.0245. The normalized spacial score (nSPS) is 15.4. The first-order valence-corrected chi connectivity index (χ1v) is 7.97. The van der Waals surface area contributed by atoms with Crippen molar-refractivity contribution < 1.29 is 33.0 Å². The second-order valence-electron chi connectivity index (χ2n) is 5.29. The third-order valence-corrected chi connectivity index (χ3v) is 3.45. The molecular weight excluding hydrogens is 344 g/mol. The molecule has 1 N–H and O–H groups in total. The molecule has 26 heavy (non-hydrogen) atoms. The average molecular weight is 362 g/mol. The lowest BCUT2D eigenvalue weighted by molar-refractivity contribution is -0.125. The summed E-state index contributed by atoms with van der Waals surface area (Å²) >= 11 is 0. The molecule has 2 aromatic rings. The SMILES string of the molecule is CCOC(=O)c1nc(COC)oc1NC(=O)C1COc2ccccc2O1. The van der Waals surface area contributed by atoms with Gasteiger partial charge in [0.2, 0.25) is 23.6 Å². The number of amides is 1. The van der Waals surface area contributed by atoms with Gasteiger partial charge in [0.05, 0.1) is 6.61 Å². The topological polar surface area (TPSA) is 109 Å². The van der Waals surface area contributed by atoms with Gasteiger partial charge in [0.15, 0.2) is 11.5 Å². The monoisotopic (exact) mass is 362 g/mol. The van der Waals surface area contributed by atoms with Gasteiger partial charge < -0.3 is 23.4 Å². The number of nitrogens with one attached hydrogen (secondary N) is 1. The molecule has 1 atom stereocenters. The summed E-state index contributed by atoms with van der Waals surface area (Å²) in [7, 11) is 1.46. The van der Waals surface area contributed by atoms with Gasteiger partial charge >= 0.3 is 5.97 Å². The standard InChI is InChI=1S/C17H18N2O7/c1-3-23-17(21)14-16(26-13(18-14)9-22-2)19-15(20)12-8-24-10-6-4-5-7-11(10)25-12/h4-7,12H,3,8-9H2,1-2H3,(H,19,20). The van der Waals surface area contributed by atoms with E-state index >= 15 is 0 Å². The Labute approximate surface area is 149 Å². The number of aromatic nitrogens is 1. The molecule has 2 heterocycles. The fourth-order valence-corrected chi connectivity index (χ4v) is 2.31. The third kappa shape index (κ3) is 3.77. The van der Waals surface area contributed by atoms with Crippen molar-refractivity contribution in [2.75, 3.05) is 25.6 Å². The maximum absolute atomic E-state index is 12.5. The van der Waals surface area contributed by atoms with E-state index in [4.69, 9.17) is 23.4 Å². The molecule has 3 rings (SSSR count). The first kappa shape index (κ1) is 17.7. The molecule has 1 amide bonds. The molecule has 1 aromatic heterocycles. The average Bonchev–Trinajstić information content (AvgIpc) is 3.04. The van der Waals surface area contributed by atoms with Crippen LogP contribution in [0, 0.1) is 0 Å². The van der Waals surface area contributed by atoms with Crippen LogP contribution in [0.15, 0.2) is 28.7 Å². The fourth-order valence-electron chi connectivity index (χ4n) is 2.31. The summed E-state index contributed by atoms with van der Waals surface area (Å²) < 4.78 is 26.4. The number of methoxy groups -OCH3 is 1. The lowest BCUT2D eigenvalue weighted by atomic mass is 10.2. The Morgan fingerprint density at radius 2 is 2.08 bits per heavy atom. The number of benzene rings is 1. The van der Waals surface area contributed by atoms with Crippen molar-refractivity contribution in [2.45, 2.75) is 19.6 Å². The van der Waals surface area contributed by atoms with E-state index < -0.39 is 18.0 Å². The van der Waals surface area contributed by atoms with E-state index in [0.717, 1.165) is 0 Å². The number of fused-ring (bicyclic) bond motifs is 1. The summed E-state index contributed by atoms with van der Waals surface area (Å²) in [5, 5.41) is 2.50. The Bertz CT molecular complexity index is 802. The van der Waals surface area contributed by atoms with Crippen LogP contribution in [0.5, 0.6) is 11.5 Å². The lowest BCUT2D eigenvalue weighted by Gasteiger charge is -2.25. The van der Waals surface area contributed by atoms with Gasteiger partial charge in [-0.3, -0.25) is 10.1 Å². The highest BCUT2D eigenvalue weighted by atomic mass is 16.6. The smallest absolute Gasteiger partial charge is 0.362 e. The van der Waals surface area contributed by atoms with Gasteiger partial charge in [-0.05, 0) is 19.1 Å². The minimum atomic E-state index is -0.907. The largest absolute Gasteiger partial charge is 0.485 e. The highest BCUT2D eigenvalue weighted by Gasteiger charge is 2.30. The lowest BCUT2D eigenvalue weighted by Crippen LogP contribution is -2.40. The predicted molar refractivity (Wildman–Crippen MR) is 88.2 cm³/mol. The van der Waals surface area contributed by atoms with Crippen LogP contribution < -0.4 is 14.8 Å². The second kappa shape index (κ2) is 7.87. The quantitative estimate of drug-likeness (QED) is 0.775. The van der Waals surface area contributed by atoms with E-state index in [2.05, 4.69) is 10.3 Å². The molecule has 0 aliphatic carbocycles. The summed E-state index contributed by atoms with van der Waals surface area (Å²) in [6.07, 6.45) is -0.907. The van der Waals surface area contributed by atoms with Gasteiger partial charge in [0, 0.05) is 7.11 Å². The number of hydrogen-bond donors (Lipinski definition) is 1. The molecule has 0 spiro atoms. The van der Waals surface area contributed by atoms with Crippen molar-refractivity contribution in [1.82, 2.24) is 4.98 Å². The highest BCUT2D eigenvalue weighted by molar-refractivity contribution is 6.00. The Morgan fingerprint density at radius 1 is 1.31 bits per heavy atom. The van der Waals surface area contributed by atoms with Gasteiger partial charge in [0.1, 0.15) is 13.2 Å². The van der Waals surface area contributed by atoms with E-state index in [9.17, 15) is 9.59 Å². The number of carbonyl (C=O) groups excluding carboxylic acids is 2. The van der Waals surface area contributed by atoms with Gasteiger partial charge in [-0.15, -0.1) is 0 Å². The molecule has 9 heteroatoms. The third-order valence-electron chi connectivity index (χ3n) is 3.45. The zero-order valence-corrected chi connectivity index (χ0v) is 14.3. The van der Waals surface area contributed by atoms with E-state index in [-0.39, 0.29) is 37.3 Å². The van der Waals surface area contributed by atoms with E-state index in [1.807, 2.05) is 0 Å². The maximum atomic E-state index is 12.5. The van der Waals surface area contributed by atoms with E-state index in [1.165, 1.54) is 7.11 Å². The van der Waals surface area contributed by atoms with Crippen molar-refractivity contribution in [2.24, 2.45) is 0 Å². The zero-order valence-electron chi connectivity index (χ0n) is 14.3. The molecule has 9 nitrogen and oxygen atoms in total. The number of oxazole rings is 1. The van der Waals surface area contributed by atoms with Crippen LogP contribution in [0.1, 0.15) is 23.3 Å². The van der Waals surface area contributed by atoms with Crippen LogP contribution in [0.3, 0.4) is 0 Å². The number of esters is 1. The van der Waals surface area contributed by atoms with Crippen molar-refractivity contribution >= 4 is 17.8 Å².